The van der Waals surface area contributed by atoms with E-state index in [4.69, 9.17) is 0 Å². The molecule has 1 aromatic rings. The molecule has 54 valence electrons. The average molecular weight is 140 g/mol. The van der Waals surface area contributed by atoms with Crippen LogP contribution in [-0.4, -0.2) is 12.0 Å². The molecular formula is C7H9FN2. The highest BCUT2D eigenvalue weighted by atomic mass is 19.1. The molecule has 0 unspecified atom stereocenters. The van der Waals surface area contributed by atoms with Crippen LogP contribution < -0.4 is 5.32 Å². The third kappa shape index (κ3) is 1.23. The Kier molecular flexibility index (Phi) is 1.85. The van der Waals surface area contributed by atoms with Crippen LogP contribution in [0.15, 0.2) is 12.1 Å². The van der Waals surface area contributed by atoms with Gasteiger partial charge >= 0.3 is 0 Å². The van der Waals surface area contributed by atoms with Crippen molar-refractivity contribution in [1.29, 1.82) is 0 Å². The summed E-state index contributed by atoms with van der Waals surface area (Å²) >= 11 is 0. The summed E-state index contributed by atoms with van der Waals surface area (Å²) < 4.78 is 12.3. The van der Waals surface area contributed by atoms with Gasteiger partial charge in [0, 0.05) is 7.05 Å². The summed E-state index contributed by atoms with van der Waals surface area (Å²) in [5.41, 5.74) is 1.55. The van der Waals surface area contributed by atoms with Crippen LogP contribution in [0.4, 0.5) is 10.1 Å². The van der Waals surface area contributed by atoms with Crippen LogP contribution in [0.1, 0.15) is 5.69 Å². The molecule has 0 spiro atoms. The van der Waals surface area contributed by atoms with Gasteiger partial charge in [-0.25, -0.2) is 4.98 Å². The normalized spacial score (nSPS) is 9.50. The van der Waals surface area contributed by atoms with Gasteiger partial charge in [0.2, 0.25) is 5.95 Å². The van der Waals surface area contributed by atoms with Gasteiger partial charge in [-0.3, -0.25) is 0 Å². The molecule has 0 aliphatic heterocycles. The number of nitrogens with zero attached hydrogens (tertiary/aromatic N) is 1. The summed E-state index contributed by atoms with van der Waals surface area (Å²) in [7, 11) is 1.78. The number of anilines is 1. The van der Waals surface area contributed by atoms with E-state index in [-0.39, 0.29) is 0 Å². The molecule has 1 rings (SSSR count). The molecule has 10 heavy (non-hydrogen) atoms. The second kappa shape index (κ2) is 2.64. The molecule has 1 heterocycles. The fourth-order valence-corrected chi connectivity index (χ4v) is 0.795. The standard InChI is InChI=1S/C7H9FN2/c1-5-6(9-2)3-4-7(8)10-5/h3-4,9H,1-2H3. The van der Waals surface area contributed by atoms with Crippen LogP contribution in [0.25, 0.3) is 0 Å². The van der Waals surface area contributed by atoms with Crippen molar-refractivity contribution in [2.75, 3.05) is 12.4 Å². The van der Waals surface area contributed by atoms with Crippen LogP contribution in [0.2, 0.25) is 0 Å². The lowest BCUT2D eigenvalue weighted by Gasteiger charge is -2.01. The number of hydrogen-bond donors (Lipinski definition) is 1. The lowest BCUT2D eigenvalue weighted by molar-refractivity contribution is 0.580. The summed E-state index contributed by atoms with van der Waals surface area (Å²) in [6.45, 7) is 1.76. The predicted molar refractivity (Wildman–Crippen MR) is 38.5 cm³/mol. The zero-order valence-electron chi connectivity index (χ0n) is 5.98. The lowest BCUT2D eigenvalue weighted by atomic mass is 10.3. The molecule has 1 aromatic heterocycles. The smallest absolute Gasteiger partial charge is 0.213 e. The number of nitrogens with one attached hydrogen (secondary N) is 1. The molecule has 0 fully saturated rings. The zero-order chi connectivity index (χ0) is 7.56. The van der Waals surface area contributed by atoms with Gasteiger partial charge in [0.1, 0.15) is 0 Å². The minimum atomic E-state index is -0.434. The fourth-order valence-electron chi connectivity index (χ4n) is 0.795. The van der Waals surface area contributed by atoms with E-state index < -0.39 is 5.95 Å². The van der Waals surface area contributed by atoms with E-state index in [1.54, 1.807) is 20.0 Å². The molecule has 3 heteroatoms. The highest BCUT2D eigenvalue weighted by Crippen LogP contribution is 2.10. The number of hydrogen-bond acceptors (Lipinski definition) is 2. The Morgan fingerprint density at radius 2 is 2.20 bits per heavy atom. The van der Waals surface area contributed by atoms with Crippen LogP contribution in [0.3, 0.4) is 0 Å². The van der Waals surface area contributed by atoms with Gasteiger partial charge in [-0.1, -0.05) is 0 Å². The number of aromatic nitrogens is 1. The quantitative estimate of drug-likeness (QED) is 0.599. The number of pyridine rings is 1. The Balaban J connectivity index is 3.07. The van der Waals surface area contributed by atoms with Crippen molar-refractivity contribution >= 4 is 5.69 Å². The number of halogens is 1. The summed E-state index contributed by atoms with van der Waals surface area (Å²) in [4.78, 5) is 3.62. The minimum Gasteiger partial charge on any atom is -0.387 e. The van der Waals surface area contributed by atoms with Crippen molar-refractivity contribution in [3.05, 3.63) is 23.8 Å². The van der Waals surface area contributed by atoms with Crippen molar-refractivity contribution in [3.8, 4) is 0 Å². The monoisotopic (exact) mass is 140 g/mol. The van der Waals surface area contributed by atoms with Gasteiger partial charge in [-0.05, 0) is 19.1 Å². The summed E-state index contributed by atoms with van der Waals surface area (Å²) in [5, 5.41) is 2.89. The number of aryl methyl sites for hydroxylation is 1. The second-order valence-corrected chi connectivity index (χ2v) is 2.02. The van der Waals surface area contributed by atoms with Crippen LogP contribution >= 0.6 is 0 Å². The van der Waals surface area contributed by atoms with Gasteiger partial charge in [0.15, 0.2) is 0 Å². The fraction of sp³-hybridized carbons (Fsp3) is 0.286. The van der Waals surface area contributed by atoms with E-state index >= 15 is 0 Å². The molecule has 0 aromatic carbocycles. The summed E-state index contributed by atoms with van der Waals surface area (Å²) in [6.07, 6.45) is 0. The molecule has 0 bridgehead atoms. The summed E-state index contributed by atoms with van der Waals surface area (Å²) in [6, 6.07) is 3.00. The van der Waals surface area contributed by atoms with E-state index in [0.717, 1.165) is 5.69 Å². The average Bonchev–Trinajstić information content (AvgIpc) is 1.88. The van der Waals surface area contributed by atoms with Crippen molar-refractivity contribution in [2.45, 2.75) is 6.92 Å². The van der Waals surface area contributed by atoms with Crippen LogP contribution in [-0.2, 0) is 0 Å². The van der Waals surface area contributed by atoms with Crippen molar-refractivity contribution in [2.24, 2.45) is 0 Å². The Bertz CT molecular complexity index is 235. The maximum Gasteiger partial charge on any atom is 0.213 e. The zero-order valence-corrected chi connectivity index (χ0v) is 5.98. The Morgan fingerprint density at radius 1 is 1.50 bits per heavy atom. The first-order valence-electron chi connectivity index (χ1n) is 3.05. The van der Waals surface area contributed by atoms with Crippen molar-refractivity contribution in [3.63, 3.8) is 0 Å². The van der Waals surface area contributed by atoms with Gasteiger partial charge in [0.05, 0.1) is 11.4 Å². The van der Waals surface area contributed by atoms with Gasteiger partial charge in [-0.2, -0.15) is 4.39 Å². The SMILES string of the molecule is CNc1ccc(F)nc1C. The van der Waals surface area contributed by atoms with Crippen LogP contribution in [0.5, 0.6) is 0 Å². The highest BCUT2D eigenvalue weighted by Gasteiger charge is 1.96. The molecule has 1 N–H and O–H groups in total. The second-order valence-electron chi connectivity index (χ2n) is 2.02. The molecule has 0 aliphatic carbocycles. The molecule has 0 aliphatic rings. The van der Waals surface area contributed by atoms with Crippen molar-refractivity contribution in [1.82, 2.24) is 4.98 Å². The Hall–Kier alpha value is -1.12. The first-order chi connectivity index (χ1) is 4.74. The first-order valence-corrected chi connectivity index (χ1v) is 3.05. The Morgan fingerprint density at radius 3 is 2.70 bits per heavy atom. The van der Waals surface area contributed by atoms with E-state index in [1.165, 1.54) is 6.07 Å². The molecule has 0 atom stereocenters. The molecule has 2 nitrogen and oxygen atoms in total. The minimum absolute atomic E-state index is 0.434. The van der Waals surface area contributed by atoms with E-state index in [9.17, 15) is 4.39 Å². The Labute approximate surface area is 59.1 Å². The largest absolute Gasteiger partial charge is 0.387 e. The molecule has 0 saturated carbocycles. The molecule has 0 radical (unpaired) electrons. The van der Waals surface area contributed by atoms with Gasteiger partial charge in [0.25, 0.3) is 0 Å². The van der Waals surface area contributed by atoms with Crippen LogP contribution in [0, 0.1) is 12.9 Å². The van der Waals surface area contributed by atoms with Gasteiger partial charge in [-0.15, -0.1) is 0 Å². The van der Waals surface area contributed by atoms with Gasteiger partial charge < -0.3 is 5.32 Å². The lowest BCUT2D eigenvalue weighted by Crippen LogP contribution is -1.95. The first kappa shape index (κ1) is 6.99. The van der Waals surface area contributed by atoms with E-state index in [1.807, 2.05) is 0 Å². The molecule has 0 saturated heterocycles. The van der Waals surface area contributed by atoms with E-state index in [2.05, 4.69) is 10.3 Å². The third-order valence-electron chi connectivity index (χ3n) is 1.32. The predicted octanol–water partition coefficient (Wildman–Crippen LogP) is 1.57. The molecule has 0 amide bonds. The number of rotatable bonds is 1. The van der Waals surface area contributed by atoms with Crippen molar-refractivity contribution < 1.29 is 4.39 Å². The maximum absolute atomic E-state index is 12.3. The highest BCUT2D eigenvalue weighted by molar-refractivity contribution is 5.45. The maximum atomic E-state index is 12.3. The topological polar surface area (TPSA) is 24.9 Å². The molecular weight excluding hydrogens is 131 g/mol. The third-order valence-corrected chi connectivity index (χ3v) is 1.32. The summed E-state index contributed by atoms with van der Waals surface area (Å²) in [5.74, 6) is -0.434. The van der Waals surface area contributed by atoms with E-state index in [0.29, 0.717) is 5.69 Å².